The molecule has 0 amide bonds. The van der Waals surface area contributed by atoms with Gasteiger partial charge in [0.05, 0.1) is 0 Å². The van der Waals surface area contributed by atoms with E-state index >= 15 is 0 Å². The van der Waals surface area contributed by atoms with Crippen LogP contribution in [0, 0.1) is 13.8 Å². The summed E-state index contributed by atoms with van der Waals surface area (Å²) in [6.45, 7) is 23.2. The maximum atomic E-state index is 5.92. The zero-order valence-corrected chi connectivity index (χ0v) is 37.0. The van der Waals surface area contributed by atoms with Crippen molar-refractivity contribution in [2.75, 3.05) is 0 Å². The molecule has 2 unspecified atom stereocenters. The molecule has 0 fully saturated rings. The van der Waals surface area contributed by atoms with Crippen LogP contribution < -0.4 is 0 Å². The Balaban J connectivity index is 1.56. The topological polar surface area (TPSA) is 0 Å². The molecule has 0 aliphatic heterocycles. The summed E-state index contributed by atoms with van der Waals surface area (Å²) in [5, 5.41) is 0. The van der Waals surface area contributed by atoms with Crippen molar-refractivity contribution in [2.24, 2.45) is 0 Å². The summed E-state index contributed by atoms with van der Waals surface area (Å²) >= 11 is -5.35. The molecule has 2 aliphatic carbocycles. The van der Waals surface area contributed by atoms with Crippen LogP contribution in [0.5, 0.6) is 0 Å². The Morgan fingerprint density at radius 2 is 0.940 bits per heavy atom. The monoisotopic (exact) mass is 832 g/mol. The molecule has 4 aromatic carbocycles. The van der Waals surface area contributed by atoms with E-state index in [0.717, 1.165) is 12.8 Å². The third kappa shape index (κ3) is 5.43. The van der Waals surface area contributed by atoms with Crippen molar-refractivity contribution >= 4 is 16.4 Å². The molecule has 0 N–H and O–H groups in total. The number of benzene rings is 4. The molecular formula is C49H64Hf. The van der Waals surface area contributed by atoms with Crippen LogP contribution in [0.4, 0.5) is 0 Å². The van der Waals surface area contributed by atoms with Crippen molar-refractivity contribution in [3.05, 3.63) is 129 Å². The molecule has 1 heteroatoms. The molecular weight excluding hydrogens is 767 g/mol. The zero-order chi connectivity index (χ0) is 36.6. The average Bonchev–Trinajstić information content (AvgIpc) is 3.68. The summed E-state index contributed by atoms with van der Waals surface area (Å²) in [5.41, 5.74) is 17.0. The standard InChI is InChI=1S/2C20H21.2C3H7.2CH3.CH2.Hf/c2*1-14-13-16(20(2,3)4)11-12-17(14)19-10-6-8-15-7-5-9-18(15)19;2*1-3-2;;;;/h2*5-13H,1-4H3;2*1,3H2,2H3;2*1H3;1H2;. The molecule has 50 heavy (non-hydrogen) atoms. The van der Waals surface area contributed by atoms with Crippen molar-refractivity contribution in [3.63, 3.8) is 0 Å². The first kappa shape index (κ1) is 36.9. The molecule has 2 atom stereocenters. The molecule has 0 radical (unpaired) electrons. The summed E-state index contributed by atoms with van der Waals surface area (Å²) in [6, 6.07) is 28.5. The van der Waals surface area contributed by atoms with E-state index in [2.05, 4.69) is 176 Å². The number of rotatable bonds is 8. The Kier molecular flexibility index (Phi) is 8.15. The number of hydrogen-bond acceptors (Lipinski definition) is 0. The molecule has 264 valence electrons. The molecule has 0 spiro atoms. The fourth-order valence-corrected chi connectivity index (χ4v) is 54.3. The van der Waals surface area contributed by atoms with Crippen LogP contribution in [-0.4, -0.2) is 4.26 Å². The number of hydrogen-bond donors (Lipinski definition) is 0. The number of aryl methyl sites for hydroxylation is 2. The van der Waals surface area contributed by atoms with Gasteiger partial charge in [0, 0.05) is 0 Å². The van der Waals surface area contributed by atoms with E-state index in [1.165, 1.54) is 75.1 Å². The van der Waals surface area contributed by atoms with Crippen molar-refractivity contribution in [1.82, 2.24) is 0 Å². The Labute approximate surface area is 299 Å². The van der Waals surface area contributed by atoms with E-state index in [1.54, 1.807) is 0 Å². The van der Waals surface area contributed by atoms with Crippen LogP contribution >= 0.6 is 0 Å². The number of allylic oxidation sites excluding steroid dienone is 2. The zero-order valence-electron chi connectivity index (χ0n) is 33.4. The molecule has 2 aliphatic rings. The van der Waals surface area contributed by atoms with E-state index in [4.69, 9.17) is 4.26 Å². The van der Waals surface area contributed by atoms with Crippen LogP contribution in [0.25, 0.3) is 34.4 Å². The second kappa shape index (κ2) is 11.1. The molecule has 0 heterocycles. The second-order valence-electron chi connectivity index (χ2n) is 21.3. The molecule has 0 bridgehead atoms. The number of fused-ring (bicyclic) bond motifs is 2. The fraction of sp³-hybridized carbons (Fsp3) is 0.408. The minimum absolute atomic E-state index is 0.129. The van der Waals surface area contributed by atoms with Crippen LogP contribution in [-0.2, 0) is 25.9 Å². The van der Waals surface area contributed by atoms with Gasteiger partial charge in [-0.15, -0.1) is 0 Å². The van der Waals surface area contributed by atoms with Gasteiger partial charge in [-0.05, 0) is 0 Å². The van der Waals surface area contributed by atoms with E-state index in [-0.39, 0.29) is 10.8 Å². The third-order valence-electron chi connectivity index (χ3n) is 14.3. The fourth-order valence-electron chi connectivity index (χ4n) is 11.6. The van der Waals surface area contributed by atoms with Crippen LogP contribution in [0.3, 0.4) is 0 Å². The molecule has 0 saturated heterocycles. The SMILES string of the molecule is [CH2]=[Hf]([CH3])([CH3])([CH2]CC)([CH2]CC)([CH]1C=Cc2c(-c3ccc(C(C)(C)C)cc3C)cccc21)[CH]1C=Cc2c(-c3ccc(C(C)(C)C)cc3C)cccc21. The molecule has 6 rings (SSSR count). The average molecular weight is 832 g/mol. The summed E-state index contributed by atoms with van der Waals surface area (Å²) in [7, 11) is 0. The van der Waals surface area contributed by atoms with E-state index in [1.807, 2.05) is 0 Å². The Bertz CT molecular complexity index is 2060. The van der Waals surface area contributed by atoms with E-state index in [0.29, 0.717) is 7.35 Å². The molecule has 0 saturated carbocycles. The first-order chi connectivity index (χ1) is 23.1. The van der Waals surface area contributed by atoms with Crippen molar-refractivity contribution in [1.29, 1.82) is 0 Å². The quantitative estimate of drug-likeness (QED) is 0.155. The van der Waals surface area contributed by atoms with Crippen molar-refractivity contribution < 1.29 is 15.1 Å². The predicted octanol–water partition coefficient (Wildman–Crippen LogP) is 15.0. The Morgan fingerprint density at radius 1 is 0.560 bits per heavy atom. The van der Waals surface area contributed by atoms with Gasteiger partial charge in [-0.25, -0.2) is 0 Å². The van der Waals surface area contributed by atoms with Gasteiger partial charge in [0.1, 0.15) is 0 Å². The first-order valence-electron chi connectivity index (χ1n) is 19.5. The minimum atomic E-state index is -5.35. The van der Waals surface area contributed by atoms with Gasteiger partial charge in [-0.1, -0.05) is 0 Å². The molecule has 0 nitrogen and oxygen atoms in total. The van der Waals surface area contributed by atoms with Crippen molar-refractivity contribution in [3.8, 4) is 22.3 Å². The van der Waals surface area contributed by atoms with Gasteiger partial charge in [-0.2, -0.15) is 0 Å². The van der Waals surface area contributed by atoms with Gasteiger partial charge in [0.15, 0.2) is 0 Å². The summed E-state index contributed by atoms with van der Waals surface area (Å²) in [4.78, 5) is 0. The molecule has 4 aromatic rings. The first-order valence-corrected chi connectivity index (χ1v) is 38.5. The van der Waals surface area contributed by atoms with E-state index in [9.17, 15) is 0 Å². The normalized spacial score (nSPS) is 19.4. The van der Waals surface area contributed by atoms with Crippen molar-refractivity contribution in [2.45, 2.75) is 118 Å². The maximum absolute atomic E-state index is 5.92. The van der Waals surface area contributed by atoms with E-state index < -0.39 is 15.1 Å². The Morgan fingerprint density at radius 3 is 1.26 bits per heavy atom. The van der Waals surface area contributed by atoms with Crippen LogP contribution in [0.2, 0.25) is 17.7 Å². The van der Waals surface area contributed by atoms with Crippen LogP contribution in [0.1, 0.15) is 120 Å². The van der Waals surface area contributed by atoms with Gasteiger partial charge >= 0.3 is 301 Å². The predicted molar refractivity (Wildman–Crippen MR) is 223 cm³/mol. The Hall–Kier alpha value is -2.90. The van der Waals surface area contributed by atoms with Gasteiger partial charge in [0.25, 0.3) is 0 Å². The second-order valence-corrected chi connectivity index (χ2v) is 71.8. The summed E-state index contributed by atoms with van der Waals surface area (Å²) in [5.74, 6) is 0. The van der Waals surface area contributed by atoms with Crippen LogP contribution in [0.15, 0.2) is 84.9 Å². The van der Waals surface area contributed by atoms with Gasteiger partial charge in [0.2, 0.25) is 0 Å². The van der Waals surface area contributed by atoms with Gasteiger partial charge in [-0.3, -0.25) is 0 Å². The summed E-state index contributed by atoms with van der Waals surface area (Å²) < 4.78 is 14.5. The summed E-state index contributed by atoms with van der Waals surface area (Å²) in [6.07, 6.45) is 12.5. The van der Waals surface area contributed by atoms with Gasteiger partial charge < -0.3 is 0 Å². The third-order valence-corrected chi connectivity index (χ3v) is 59.0. The molecule has 0 aromatic heterocycles.